The molecule has 0 atom stereocenters. The molecule has 0 unspecified atom stereocenters. The molecule has 1 aromatic carbocycles. The zero-order valence-electron chi connectivity index (χ0n) is 13.1. The molecule has 0 aliphatic heterocycles. The van der Waals surface area contributed by atoms with Crippen molar-refractivity contribution in [1.29, 1.82) is 0 Å². The standard InChI is InChI=1S/C17H19ClN4O/c1-4-9-19-17(23)16-12(3)20-11(2)10-15(16)22-21-14-7-5-13(18)6-8-14/h4-8,10,21H,1,9H2,2-3H3,(H,19,23)(H,20,22). The van der Waals surface area contributed by atoms with Crippen LogP contribution in [0.5, 0.6) is 0 Å². The molecule has 2 rings (SSSR count). The van der Waals surface area contributed by atoms with E-state index in [1.807, 2.05) is 32.0 Å². The van der Waals surface area contributed by atoms with Crippen molar-refractivity contribution in [1.82, 2.24) is 10.3 Å². The minimum absolute atomic E-state index is 0.199. The molecule has 0 fully saturated rings. The van der Waals surface area contributed by atoms with Gasteiger partial charge in [-0.05, 0) is 44.2 Å². The summed E-state index contributed by atoms with van der Waals surface area (Å²) in [4.78, 5) is 16.7. The van der Waals surface area contributed by atoms with E-state index in [1.54, 1.807) is 18.2 Å². The summed E-state index contributed by atoms with van der Waals surface area (Å²) in [6, 6.07) is 9.07. The SMILES string of the molecule is C=CCNC(=O)c1c(NNc2ccc(Cl)cc2)cc(C)nc1C. The van der Waals surface area contributed by atoms with Gasteiger partial charge in [-0.25, -0.2) is 0 Å². The second kappa shape index (κ2) is 7.65. The number of carbonyl (C=O) groups excluding carboxylic acids is 1. The lowest BCUT2D eigenvalue weighted by molar-refractivity contribution is 0.0958. The van der Waals surface area contributed by atoms with Gasteiger partial charge in [-0.1, -0.05) is 17.7 Å². The number of hydrazine groups is 1. The van der Waals surface area contributed by atoms with Crippen LogP contribution in [0.4, 0.5) is 11.4 Å². The van der Waals surface area contributed by atoms with Gasteiger partial charge in [0.1, 0.15) is 0 Å². The highest BCUT2D eigenvalue weighted by atomic mass is 35.5. The lowest BCUT2D eigenvalue weighted by atomic mass is 10.1. The number of halogens is 1. The Hall–Kier alpha value is -2.53. The number of benzene rings is 1. The largest absolute Gasteiger partial charge is 0.348 e. The van der Waals surface area contributed by atoms with Gasteiger partial charge in [-0.3, -0.25) is 15.2 Å². The molecule has 0 radical (unpaired) electrons. The van der Waals surface area contributed by atoms with Crippen LogP contribution >= 0.6 is 11.6 Å². The highest BCUT2D eigenvalue weighted by Crippen LogP contribution is 2.21. The smallest absolute Gasteiger partial charge is 0.255 e. The van der Waals surface area contributed by atoms with Crippen LogP contribution in [0.15, 0.2) is 43.0 Å². The first kappa shape index (κ1) is 16.8. The first-order valence-electron chi connectivity index (χ1n) is 7.16. The van der Waals surface area contributed by atoms with Crippen molar-refractivity contribution in [2.24, 2.45) is 0 Å². The molecule has 0 aliphatic carbocycles. The molecular formula is C17H19ClN4O. The molecule has 5 nitrogen and oxygen atoms in total. The van der Waals surface area contributed by atoms with E-state index in [4.69, 9.17) is 11.6 Å². The van der Waals surface area contributed by atoms with Gasteiger partial charge in [0.05, 0.1) is 22.6 Å². The van der Waals surface area contributed by atoms with E-state index in [1.165, 1.54) is 0 Å². The molecule has 120 valence electrons. The molecule has 3 N–H and O–H groups in total. The summed E-state index contributed by atoms with van der Waals surface area (Å²) in [5.41, 5.74) is 9.60. The Balaban J connectivity index is 2.23. The predicted octanol–water partition coefficient (Wildman–Crippen LogP) is 3.71. The fourth-order valence-electron chi connectivity index (χ4n) is 2.14. The van der Waals surface area contributed by atoms with Gasteiger partial charge in [-0.15, -0.1) is 6.58 Å². The lowest BCUT2D eigenvalue weighted by Gasteiger charge is -2.16. The van der Waals surface area contributed by atoms with Crippen LogP contribution in [-0.4, -0.2) is 17.4 Å². The number of pyridine rings is 1. The van der Waals surface area contributed by atoms with E-state index in [0.717, 1.165) is 11.4 Å². The van der Waals surface area contributed by atoms with Gasteiger partial charge >= 0.3 is 0 Å². The van der Waals surface area contributed by atoms with E-state index in [-0.39, 0.29) is 5.91 Å². The maximum atomic E-state index is 12.3. The number of anilines is 2. The van der Waals surface area contributed by atoms with Crippen molar-refractivity contribution in [3.8, 4) is 0 Å². The Morgan fingerprint density at radius 2 is 1.96 bits per heavy atom. The van der Waals surface area contributed by atoms with Crippen LogP contribution in [0, 0.1) is 13.8 Å². The molecule has 1 amide bonds. The van der Waals surface area contributed by atoms with Gasteiger partial charge in [0.15, 0.2) is 0 Å². The third-order valence-electron chi connectivity index (χ3n) is 3.15. The van der Waals surface area contributed by atoms with Crippen molar-refractivity contribution >= 4 is 28.9 Å². The molecule has 1 heterocycles. The molecule has 23 heavy (non-hydrogen) atoms. The minimum atomic E-state index is -0.199. The average molecular weight is 331 g/mol. The topological polar surface area (TPSA) is 66.1 Å². The van der Waals surface area contributed by atoms with Crippen LogP contribution in [0.25, 0.3) is 0 Å². The Kier molecular flexibility index (Phi) is 5.60. The number of nitrogens with one attached hydrogen (secondary N) is 3. The molecule has 0 saturated carbocycles. The number of nitrogens with zero attached hydrogens (tertiary/aromatic N) is 1. The number of aromatic nitrogens is 1. The second-order valence-electron chi connectivity index (χ2n) is 5.03. The number of hydrogen-bond acceptors (Lipinski definition) is 4. The Labute approximate surface area is 140 Å². The fraction of sp³-hybridized carbons (Fsp3) is 0.176. The van der Waals surface area contributed by atoms with Crippen LogP contribution < -0.4 is 16.2 Å². The zero-order valence-corrected chi connectivity index (χ0v) is 13.9. The van der Waals surface area contributed by atoms with Crippen LogP contribution in [0.1, 0.15) is 21.7 Å². The van der Waals surface area contributed by atoms with Crippen molar-refractivity contribution in [2.45, 2.75) is 13.8 Å². The van der Waals surface area contributed by atoms with Crippen LogP contribution in [0.3, 0.4) is 0 Å². The van der Waals surface area contributed by atoms with Gasteiger partial charge in [-0.2, -0.15) is 0 Å². The van der Waals surface area contributed by atoms with E-state index in [2.05, 4.69) is 27.7 Å². The highest BCUT2D eigenvalue weighted by molar-refractivity contribution is 6.30. The van der Waals surface area contributed by atoms with E-state index in [0.29, 0.717) is 28.5 Å². The number of carbonyl (C=O) groups is 1. The minimum Gasteiger partial charge on any atom is -0.348 e. The quantitative estimate of drug-likeness (QED) is 0.558. The van der Waals surface area contributed by atoms with Gasteiger partial charge in [0.2, 0.25) is 0 Å². The Bertz CT molecular complexity index is 713. The number of hydrogen-bond donors (Lipinski definition) is 3. The summed E-state index contributed by atoms with van der Waals surface area (Å²) in [5.74, 6) is -0.199. The number of aryl methyl sites for hydroxylation is 2. The third-order valence-corrected chi connectivity index (χ3v) is 3.40. The highest BCUT2D eigenvalue weighted by Gasteiger charge is 2.16. The summed E-state index contributed by atoms with van der Waals surface area (Å²) in [6.45, 7) is 7.69. The monoisotopic (exact) mass is 330 g/mol. The number of amides is 1. The summed E-state index contributed by atoms with van der Waals surface area (Å²) in [6.07, 6.45) is 1.63. The van der Waals surface area contributed by atoms with Gasteiger partial charge in [0.25, 0.3) is 5.91 Å². The van der Waals surface area contributed by atoms with E-state index in [9.17, 15) is 4.79 Å². The normalized spacial score (nSPS) is 10.0. The van der Waals surface area contributed by atoms with Gasteiger partial charge in [0, 0.05) is 17.3 Å². The fourth-order valence-corrected chi connectivity index (χ4v) is 2.27. The summed E-state index contributed by atoms with van der Waals surface area (Å²) in [5, 5.41) is 3.44. The second-order valence-corrected chi connectivity index (χ2v) is 5.46. The average Bonchev–Trinajstić information content (AvgIpc) is 2.51. The Morgan fingerprint density at radius 3 is 2.61 bits per heavy atom. The van der Waals surface area contributed by atoms with Crippen molar-refractivity contribution < 1.29 is 4.79 Å². The first-order chi connectivity index (χ1) is 11.0. The van der Waals surface area contributed by atoms with Crippen LogP contribution in [0.2, 0.25) is 5.02 Å². The molecular weight excluding hydrogens is 312 g/mol. The van der Waals surface area contributed by atoms with E-state index < -0.39 is 0 Å². The van der Waals surface area contributed by atoms with Crippen molar-refractivity contribution in [3.63, 3.8) is 0 Å². The molecule has 2 aromatic rings. The zero-order chi connectivity index (χ0) is 16.8. The van der Waals surface area contributed by atoms with Crippen LogP contribution in [-0.2, 0) is 0 Å². The Morgan fingerprint density at radius 1 is 1.26 bits per heavy atom. The third kappa shape index (κ3) is 4.47. The van der Waals surface area contributed by atoms with Crippen molar-refractivity contribution in [3.05, 3.63) is 65.0 Å². The summed E-state index contributed by atoms with van der Waals surface area (Å²) < 4.78 is 0. The maximum absolute atomic E-state index is 12.3. The molecule has 6 heteroatoms. The summed E-state index contributed by atoms with van der Waals surface area (Å²) in [7, 11) is 0. The first-order valence-corrected chi connectivity index (χ1v) is 7.54. The molecule has 0 saturated heterocycles. The maximum Gasteiger partial charge on any atom is 0.255 e. The van der Waals surface area contributed by atoms with E-state index >= 15 is 0 Å². The number of rotatable bonds is 6. The van der Waals surface area contributed by atoms with Crippen molar-refractivity contribution in [2.75, 3.05) is 17.4 Å². The lowest BCUT2D eigenvalue weighted by Crippen LogP contribution is -2.26. The van der Waals surface area contributed by atoms with Gasteiger partial charge < -0.3 is 10.7 Å². The molecule has 0 spiro atoms. The predicted molar refractivity (Wildman–Crippen MR) is 94.9 cm³/mol. The summed E-state index contributed by atoms with van der Waals surface area (Å²) >= 11 is 5.87. The molecule has 1 aromatic heterocycles. The molecule has 0 bridgehead atoms. The molecule has 0 aliphatic rings.